The predicted octanol–water partition coefficient (Wildman–Crippen LogP) is -1.90. The monoisotopic (exact) mass is 166 g/mol. The third-order valence-electron chi connectivity index (χ3n) is 1.23. The fraction of sp³-hybridized carbons (Fsp3) is 1.00. The van der Waals surface area contributed by atoms with Gasteiger partial charge in [0.15, 0.2) is 0 Å². The molecule has 11 heavy (non-hydrogen) atoms. The molecular formula is C5H14N2O4. The first-order valence-corrected chi connectivity index (χ1v) is 3.31. The van der Waals surface area contributed by atoms with Crippen LogP contribution in [0.3, 0.4) is 0 Å². The average molecular weight is 166 g/mol. The quantitative estimate of drug-likeness (QED) is 0.366. The molecule has 6 heteroatoms. The topological polar surface area (TPSA) is 80.4 Å². The van der Waals surface area contributed by atoms with Crippen molar-refractivity contribution in [2.45, 2.75) is 0 Å². The van der Waals surface area contributed by atoms with Crippen LogP contribution < -0.4 is 5.39 Å². The summed E-state index contributed by atoms with van der Waals surface area (Å²) in [5, 5.41) is 20.7. The molecule has 0 aromatic carbocycles. The Bertz CT molecular complexity index is 81.8. The van der Waals surface area contributed by atoms with Gasteiger partial charge in [-0.3, -0.25) is 0 Å². The lowest BCUT2D eigenvalue weighted by Gasteiger charge is -2.21. The van der Waals surface area contributed by atoms with Crippen LogP contribution in [-0.2, 0) is 4.74 Å². The number of nitrogens with one attached hydrogen (secondary N) is 1. The molecule has 3 N–H and O–H groups in total. The number of hydrogen-bond donors (Lipinski definition) is 3. The first-order chi connectivity index (χ1) is 5.13. The van der Waals surface area contributed by atoms with Gasteiger partial charge in [0.2, 0.25) is 0 Å². The Morgan fingerprint density at radius 2 is 1.73 bits per heavy atom. The zero-order valence-electron chi connectivity index (χ0n) is 6.49. The molecule has 1 saturated heterocycles. The third-order valence-corrected chi connectivity index (χ3v) is 1.23. The Labute approximate surface area is 65.1 Å². The molecule has 1 aliphatic rings. The van der Waals surface area contributed by atoms with Gasteiger partial charge in [-0.05, 0) is 7.05 Å². The van der Waals surface area contributed by atoms with Gasteiger partial charge in [-0.1, -0.05) is 5.39 Å². The highest BCUT2D eigenvalue weighted by molar-refractivity contribution is 4.53. The van der Waals surface area contributed by atoms with Crippen molar-refractivity contribution >= 4 is 0 Å². The summed E-state index contributed by atoms with van der Waals surface area (Å²) in [5.74, 6) is 0. The van der Waals surface area contributed by atoms with Crippen LogP contribution in [0.5, 0.6) is 0 Å². The zero-order chi connectivity index (χ0) is 8.69. The molecule has 0 aromatic heterocycles. The molecule has 68 valence electrons. The SMILES string of the molecule is CN1CCOCC1.[O-][NH+](O)O. The number of nitrogens with zero attached hydrogens (tertiary/aromatic N) is 1. The molecule has 6 nitrogen and oxygen atoms in total. The van der Waals surface area contributed by atoms with Crippen LogP contribution in [0.4, 0.5) is 0 Å². The van der Waals surface area contributed by atoms with E-state index in [1.54, 1.807) is 0 Å². The van der Waals surface area contributed by atoms with Gasteiger partial charge < -0.3 is 14.8 Å². The lowest BCUT2D eigenvalue weighted by atomic mass is 10.5. The highest BCUT2D eigenvalue weighted by Gasteiger charge is 2.02. The Morgan fingerprint density at radius 1 is 1.36 bits per heavy atom. The van der Waals surface area contributed by atoms with Crippen molar-refractivity contribution in [3.05, 3.63) is 5.21 Å². The van der Waals surface area contributed by atoms with Crippen molar-refractivity contribution in [1.29, 1.82) is 0 Å². The van der Waals surface area contributed by atoms with Crippen molar-refractivity contribution in [3.63, 3.8) is 0 Å². The van der Waals surface area contributed by atoms with Gasteiger partial charge in [-0.25, -0.2) is 0 Å². The first kappa shape index (κ1) is 10.8. The summed E-state index contributed by atoms with van der Waals surface area (Å²) in [6.07, 6.45) is 0. The molecule has 1 heterocycles. The molecule has 0 spiro atoms. The predicted molar refractivity (Wildman–Crippen MR) is 36.2 cm³/mol. The lowest BCUT2D eigenvalue weighted by molar-refractivity contribution is -1.20. The van der Waals surface area contributed by atoms with Gasteiger partial charge in [0.1, 0.15) is 0 Å². The minimum Gasteiger partial charge on any atom is -0.566 e. The fourth-order valence-corrected chi connectivity index (χ4v) is 0.655. The molecule has 0 atom stereocenters. The molecule has 0 aliphatic carbocycles. The smallest absolute Gasteiger partial charge is 0.0594 e. The van der Waals surface area contributed by atoms with E-state index in [2.05, 4.69) is 11.9 Å². The van der Waals surface area contributed by atoms with Crippen molar-refractivity contribution in [2.75, 3.05) is 33.4 Å². The Hall–Kier alpha value is -0.240. The van der Waals surface area contributed by atoms with E-state index in [1.165, 1.54) is 0 Å². The first-order valence-electron chi connectivity index (χ1n) is 3.31. The summed E-state index contributed by atoms with van der Waals surface area (Å²) in [6.45, 7) is 4.02. The minimum absolute atomic E-state index is 0.913. The largest absolute Gasteiger partial charge is 0.566 e. The Kier molecular flexibility index (Phi) is 6.33. The maximum atomic E-state index is 8.56. The van der Waals surface area contributed by atoms with Crippen molar-refractivity contribution in [3.8, 4) is 0 Å². The molecule has 1 rings (SSSR count). The molecule has 0 unspecified atom stereocenters. The normalized spacial score (nSPS) is 19.4. The van der Waals surface area contributed by atoms with E-state index >= 15 is 0 Å². The summed E-state index contributed by atoms with van der Waals surface area (Å²) in [7, 11) is 2.11. The molecule has 0 bridgehead atoms. The van der Waals surface area contributed by atoms with Gasteiger partial charge in [-0.2, -0.15) is 10.4 Å². The van der Waals surface area contributed by atoms with Crippen LogP contribution in [0.25, 0.3) is 0 Å². The third kappa shape index (κ3) is 9.76. The fourth-order valence-electron chi connectivity index (χ4n) is 0.655. The second-order valence-electron chi connectivity index (χ2n) is 2.20. The molecule has 0 amide bonds. The molecular weight excluding hydrogens is 152 g/mol. The molecule has 0 radical (unpaired) electrons. The van der Waals surface area contributed by atoms with Crippen LogP contribution in [-0.4, -0.2) is 48.7 Å². The average Bonchev–Trinajstić information content (AvgIpc) is 1.87. The van der Waals surface area contributed by atoms with E-state index in [1.807, 2.05) is 0 Å². The Balaban J connectivity index is 0.000000218. The highest BCUT2D eigenvalue weighted by Crippen LogP contribution is 1.89. The summed E-state index contributed by atoms with van der Waals surface area (Å²) in [6, 6.07) is 0. The standard InChI is InChI=1S/C5H11NO.H3NO3/c1-6-2-4-7-5-3-6;2-1(3)4/h2-5H2,1H3;1-3H. The van der Waals surface area contributed by atoms with Gasteiger partial charge in [0, 0.05) is 13.1 Å². The van der Waals surface area contributed by atoms with E-state index in [0.717, 1.165) is 26.3 Å². The lowest BCUT2D eigenvalue weighted by Crippen LogP contribution is -3.01. The van der Waals surface area contributed by atoms with Gasteiger partial charge in [0.05, 0.1) is 13.2 Å². The number of hydrogen-bond acceptors (Lipinski definition) is 5. The second-order valence-corrected chi connectivity index (χ2v) is 2.20. The number of likely N-dealkylation sites (N-methyl/N-ethyl adjacent to an activating group) is 1. The van der Waals surface area contributed by atoms with E-state index in [4.69, 9.17) is 20.4 Å². The summed E-state index contributed by atoms with van der Waals surface area (Å²) in [5.41, 5.74) is 0. The Morgan fingerprint density at radius 3 is 1.91 bits per heavy atom. The maximum Gasteiger partial charge on any atom is 0.0594 e. The minimum atomic E-state index is -1.83. The van der Waals surface area contributed by atoms with Crippen molar-refractivity contribution in [2.24, 2.45) is 0 Å². The number of rotatable bonds is 0. The zero-order valence-corrected chi connectivity index (χ0v) is 6.49. The maximum absolute atomic E-state index is 8.56. The van der Waals surface area contributed by atoms with Gasteiger partial charge >= 0.3 is 0 Å². The summed E-state index contributed by atoms with van der Waals surface area (Å²) >= 11 is 0. The van der Waals surface area contributed by atoms with Crippen molar-refractivity contribution < 1.29 is 20.5 Å². The van der Waals surface area contributed by atoms with Crippen LogP contribution >= 0.6 is 0 Å². The van der Waals surface area contributed by atoms with E-state index in [9.17, 15) is 0 Å². The van der Waals surface area contributed by atoms with Crippen molar-refractivity contribution in [1.82, 2.24) is 4.90 Å². The molecule has 1 aliphatic heterocycles. The molecule has 1 fully saturated rings. The number of quaternary nitrogens is 1. The van der Waals surface area contributed by atoms with Crippen LogP contribution in [0, 0.1) is 5.21 Å². The van der Waals surface area contributed by atoms with Crippen LogP contribution in [0.2, 0.25) is 0 Å². The van der Waals surface area contributed by atoms with Gasteiger partial charge in [-0.15, -0.1) is 0 Å². The highest BCUT2D eigenvalue weighted by atomic mass is 17.0. The number of morpholine rings is 1. The van der Waals surface area contributed by atoms with E-state index in [-0.39, 0.29) is 0 Å². The molecule has 0 aromatic rings. The number of ether oxygens (including phenoxy) is 1. The van der Waals surface area contributed by atoms with E-state index < -0.39 is 5.39 Å². The van der Waals surface area contributed by atoms with Crippen LogP contribution in [0.15, 0.2) is 0 Å². The van der Waals surface area contributed by atoms with Gasteiger partial charge in [0.25, 0.3) is 0 Å². The second kappa shape index (κ2) is 6.47. The van der Waals surface area contributed by atoms with Crippen LogP contribution in [0.1, 0.15) is 0 Å². The summed E-state index contributed by atoms with van der Waals surface area (Å²) in [4.78, 5) is 2.27. The summed E-state index contributed by atoms with van der Waals surface area (Å²) < 4.78 is 5.10. The van der Waals surface area contributed by atoms with E-state index in [0.29, 0.717) is 0 Å². The molecule has 0 saturated carbocycles.